The summed E-state index contributed by atoms with van der Waals surface area (Å²) in [5.74, 6) is 0.980. The van der Waals surface area contributed by atoms with Gasteiger partial charge in [0.2, 0.25) is 10.0 Å². The first-order chi connectivity index (χ1) is 11.9. The minimum absolute atomic E-state index is 0.185. The summed E-state index contributed by atoms with van der Waals surface area (Å²) in [7, 11) is -2.07. The van der Waals surface area contributed by atoms with Crippen LogP contribution in [0.5, 0.6) is 11.5 Å². The van der Waals surface area contributed by atoms with E-state index in [2.05, 4.69) is 0 Å². The van der Waals surface area contributed by atoms with Gasteiger partial charge in [0.15, 0.2) is 11.5 Å². The summed E-state index contributed by atoms with van der Waals surface area (Å²) in [6.45, 7) is 6.50. The third-order valence-corrected chi connectivity index (χ3v) is 5.94. The van der Waals surface area contributed by atoms with Gasteiger partial charge in [-0.15, -0.1) is 0 Å². The number of benzene rings is 2. The molecular weight excluding hydrogens is 338 g/mol. The van der Waals surface area contributed by atoms with Crippen LogP contribution in [-0.2, 0) is 10.0 Å². The Kier molecular flexibility index (Phi) is 6.45. The van der Waals surface area contributed by atoms with Crippen molar-refractivity contribution in [3.8, 4) is 11.5 Å². The highest BCUT2D eigenvalue weighted by atomic mass is 32.2. The second-order valence-electron chi connectivity index (χ2n) is 5.58. The van der Waals surface area contributed by atoms with Crippen LogP contribution in [0.4, 0.5) is 0 Å². The van der Waals surface area contributed by atoms with Crippen molar-refractivity contribution in [3.05, 3.63) is 54.1 Å². The van der Waals surface area contributed by atoms with Crippen LogP contribution in [0.25, 0.3) is 0 Å². The van der Waals surface area contributed by atoms with Crippen molar-refractivity contribution in [2.75, 3.05) is 20.3 Å². The van der Waals surface area contributed by atoms with E-state index in [4.69, 9.17) is 9.47 Å². The Bertz CT molecular complexity index is 790. The van der Waals surface area contributed by atoms with Crippen LogP contribution >= 0.6 is 0 Å². The monoisotopic (exact) mass is 363 g/mol. The van der Waals surface area contributed by atoms with E-state index in [1.54, 1.807) is 19.2 Å². The highest BCUT2D eigenvalue weighted by Gasteiger charge is 2.27. The second kappa shape index (κ2) is 8.36. The molecule has 0 aliphatic carbocycles. The third-order valence-electron chi connectivity index (χ3n) is 4.02. The van der Waals surface area contributed by atoms with Crippen molar-refractivity contribution in [1.82, 2.24) is 4.31 Å². The van der Waals surface area contributed by atoms with Gasteiger partial charge in [-0.2, -0.15) is 4.31 Å². The minimum Gasteiger partial charge on any atom is -0.490 e. The predicted octanol–water partition coefficient (Wildman–Crippen LogP) is 3.87. The van der Waals surface area contributed by atoms with Gasteiger partial charge in [-0.05, 0) is 38.5 Å². The summed E-state index contributed by atoms with van der Waals surface area (Å²) in [4.78, 5) is 0.185. The number of sulfonamides is 1. The first-order valence-corrected chi connectivity index (χ1v) is 9.78. The van der Waals surface area contributed by atoms with Crippen molar-refractivity contribution in [3.63, 3.8) is 0 Å². The normalized spacial score (nSPS) is 12.8. The fourth-order valence-electron chi connectivity index (χ4n) is 2.51. The molecule has 0 spiro atoms. The molecule has 0 radical (unpaired) electrons. The van der Waals surface area contributed by atoms with Gasteiger partial charge in [-0.1, -0.05) is 30.3 Å². The molecule has 2 aromatic rings. The van der Waals surface area contributed by atoms with Crippen LogP contribution < -0.4 is 9.47 Å². The third kappa shape index (κ3) is 4.32. The van der Waals surface area contributed by atoms with E-state index < -0.39 is 10.0 Å². The average molecular weight is 363 g/mol. The smallest absolute Gasteiger partial charge is 0.243 e. The highest BCUT2D eigenvalue weighted by Crippen LogP contribution is 2.33. The lowest BCUT2D eigenvalue weighted by Crippen LogP contribution is -2.29. The molecule has 0 bridgehead atoms. The molecule has 2 aromatic carbocycles. The molecule has 25 heavy (non-hydrogen) atoms. The van der Waals surface area contributed by atoms with Gasteiger partial charge in [0.25, 0.3) is 0 Å². The molecule has 5 nitrogen and oxygen atoms in total. The van der Waals surface area contributed by atoms with E-state index in [-0.39, 0.29) is 10.9 Å². The van der Waals surface area contributed by atoms with E-state index in [0.717, 1.165) is 5.56 Å². The molecule has 0 saturated carbocycles. The van der Waals surface area contributed by atoms with Crippen LogP contribution in [0.3, 0.4) is 0 Å². The van der Waals surface area contributed by atoms with Crippen molar-refractivity contribution in [2.45, 2.75) is 31.7 Å². The van der Waals surface area contributed by atoms with E-state index in [9.17, 15) is 8.42 Å². The molecule has 0 amide bonds. The molecule has 0 saturated heterocycles. The maximum Gasteiger partial charge on any atom is 0.243 e. The summed E-state index contributed by atoms with van der Waals surface area (Å²) < 4.78 is 38.4. The standard InChI is InChI=1S/C19H25NO4S/c1-5-23-18-13-12-17(14-19(18)24-6-2)25(21,22)20(4)15(3)16-10-8-7-9-11-16/h7-15H,5-6H2,1-4H3. The van der Waals surface area contributed by atoms with E-state index >= 15 is 0 Å². The molecule has 0 aliphatic rings. The molecule has 0 aromatic heterocycles. The largest absolute Gasteiger partial charge is 0.490 e. The zero-order valence-corrected chi connectivity index (χ0v) is 15.9. The Labute approximate surface area is 150 Å². The molecule has 2 rings (SSSR count). The first kappa shape index (κ1) is 19.3. The Morgan fingerprint density at radius 2 is 1.56 bits per heavy atom. The first-order valence-electron chi connectivity index (χ1n) is 8.34. The Balaban J connectivity index is 2.36. The van der Waals surface area contributed by atoms with Crippen LogP contribution in [-0.4, -0.2) is 33.0 Å². The molecule has 136 valence electrons. The van der Waals surface area contributed by atoms with E-state index in [0.29, 0.717) is 24.7 Å². The lowest BCUT2D eigenvalue weighted by molar-refractivity contribution is 0.287. The lowest BCUT2D eigenvalue weighted by Gasteiger charge is -2.25. The summed E-state index contributed by atoms with van der Waals surface area (Å²) >= 11 is 0. The number of hydrogen-bond donors (Lipinski definition) is 0. The molecule has 0 heterocycles. The average Bonchev–Trinajstić information content (AvgIpc) is 2.63. The fraction of sp³-hybridized carbons (Fsp3) is 0.368. The van der Waals surface area contributed by atoms with Gasteiger partial charge >= 0.3 is 0 Å². The van der Waals surface area contributed by atoms with E-state index in [1.807, 2.05) is 51.1 Å². The van der Waals surface area contributed by atoms with Crippen LogP contribution in [0.2, 0.25) is 0 Å². The molecule has 0 aliphatic heterocycles. The quantitative estimate of drug-likeness (QED) is 0.714. The number of nitrogens with zero attached hydrogens (tertiary/aromatic N) is 1. The summed E-state index contributed by atoms with van der Waals surface area (Å²) in [5.41, 5.74) is 0.935. The summed E-state index contributed by atoms with van der Waals surface area (Å²) in [5, 5.41) is 0. The van der Waals surface area contributed by atoms with Gasteiger partial charge in [0.05, 0.1) is 18.1 Å². The Morgan fingerprint density at radius 1 is 0.960 bits per heavy atom. The van der Waals surface area contributed by atoms with Crippen molar-refractivity contribution >= 4 is 10.0 Å². The molecule has 1 unspecified atom stereocenters. The number of rotatable bonds is 8. The van der Waals surface area contributed by atoms with Gasteiger partial charge in [0.1, 0.15) is 0 Å². The lowest BCUT2D eigenvalue weighted by atomic mass is 10.1. The topological polar surface area (TPSA) is 55.8 Å². The highest BCUT2D eigenvalue weighted by molar-refractivity contribution is 7.89. The molecular formula is C19H25NO4S. The molecule has 0 N–H and O–H groups in total. The van der Waals surface area contributed by atoms with Crippen LogP contribution in [0.1, 0.15) is 32.4 Å². The van der Waals surface area contributed by atoms with Crippen LogP contribution in [0.15, 0.2) is 53.4 Å². The molecule has 0 fully saturated rings. The maximum absolute atomic E-state index is 13.0. The minimum atomic E-state index is -3.66. The maximum atomic E-state index is 13.0. The number of hydrogen-bond acceptors (Lipinski definition) is 4. The van der Waals surface area contributed by atoms with Gasteiger partial charge < -0.3 is 9.47 Å². The fourth-order valence-corrected chi connectivity index (χ4v) is 3.87. The van der Waals surface area contributed by atoms with E-state index in [1.165, 1.54) is 10.4 Å². The Hall–Kier alpha value is -2.05. The summed E-state index contributed by atoms with van der Waals surface area (Å²) in [6, 6.07) is 14.0. The van der Waals surface area contributed by atoms with Crippen molar-refractivity contribution < 1.29 is 17.9 Å². The van der Waals surface area contributed by atoms with Gasteiger partial charge in [-0.3, -0.25) is 0 Å². The zero-order chi connectivity index (χ0) is 18.4. The SMILES string of the molecule is CCOc1ccc(S(=O)(=O)N(C)C(C)c2ccccc2)cc1OCC. The number of ether oxygens (including phenoxy) is 2. The molecule has 1 atom stereocenters. The van der Waals surface area contributed by atoms with Crippen LogP contribution in [0, 0.1) is 0 Å². The summed E-state index contributed by atoms with van der Waals surface area (Å²) in [6.07, 6.45) is 0. The van der Waals surface area contributed by atoms with Gasteiger partial charge in [0, 0.05) is 19.2 Å². The predicted molar refractivity (Wildman–Crippen MR) is 98.6 cm³/mol. The van der Waals surface area contributed by atoms with Crippen molar-refractivity contribution in [2.24, 2.45) is 0 Å². The van der Waals surface area contributed by atoms with Gasteiger partial charge in [-0.25, -0.2) is 8.42 Å². The second-order valence-corrected chi connectivity index (χ2v) is 7.58. The Morgan fingerprint density at radius 3 is 2.16 bits per heavy atom. The van der Waals surface area contributed by atoms with Crippen molar-refractivity contribution in [1.29, 1.82) is 0 Å². The molecule has 6 heteroatoms. The zero-order valence-electron chi connectivity index (χ0n) is 15.1.